The zero-order valence-corrected chi connectivity index (χ0v) is 16.4. The molecule has 0 aliphatic carbocycles. The maximum atomic E-state index is 12.3. The van der Waals surface area contributed by atoms with E-state index in [1.165, 1.54) is 23.1 Å². The monoisotopic (exact) mass is 403 g/mol. The van der Waals surface area contributed by atoms with Gasteiger partial charge in [0.25, 0.3) is 5.56 Å². The van der Waals surface area contributed by atoms with Crippen LogP contribution in [0.4, 0.5) is 0 Å². The second-order valence-electron chi connectivity index (χ2n) is 5.74. The third-order valence-electron chi connectivity index (χ3n) is 3.92. The molecule has 0 spiro atoms. The number of thioether (sulfide) groups is 1. The topological polar surface area (TPSA) is 65.1 Å². The van der Waals surface area contributed by atoms with E-state index in [2.05, 4.69) is 15.2 Å². The summed E-state index contributed by atoms with van der Waals surface area (Å²) in [6.07, 6.45) is 0. The highest BCUT2D eigenvalue weighted by atomic mass is 35.5. The smallest absolute Gasteiger partial charge is 0.258 e. The lowest BCUT2D eigenvalue weighted by Gasteiger charge is -2.04. The first-order valence-electron chi connectivity index (χ1n) is 7.78. The maximum absolute atomic E-state index is 12.3. The first kappa shape index (κ1) is 17.3. The van der Waals surface area contributed by atoms with Crippen LogP contribution in [0.5, 0.6) is 0 Å². The molecular weight excluding hydrogens is 390 g/mol. The Kier molecular flexibility index (Phi) is 4.56. The van der Waals surface area contributed by atoms with Crippen LogP contribution in [0.3, 0.4) is 0 Å². The van der Waals surface area contributed by atoms with E-state index in [4.69, 9.17) is 11.6 Å². The molecule has 0 amide bonds. The van der Waals surface area contributed by atoms with Gasteiger partial charge in [-0.2, -0.15) is 0 Å². The normalized spacial score (nSPS) is 11.3. The van der Waals surface area contributed by atoms with Crippen LogP contribution in [-0.4, -0.2) is 24.1 Å². The minimum atomic E-state index is -0.0517. The molecule has 0 N–H and O–H groups in total. The van der Waals surface area contributed by atoms with Crippen LogP contribution in [-0.2, 0) is 12.8 Å². The van der Waals surface area contributed by atoms with E-state index >= 15 is 0 Å². The fourth-order valence-electron chi connectivity index (χ4n) is 2.60. The Morgan fingerprint density at radius 2 is 2.00 bits per heavy atom. The van der Waals surface area contributed by atoms with Gasteiger partial charge in [0.15, 0.2) is 15.9 Å². The van der Waals surface area contributed by atoms with Gasteiger partial charge in [-0.1, -0.05) is 23.4 Å². The third-order valence-corrected chi connectivity index (χ3v) is 6.16. The predicted molar refractivity (Wildman–Crippen MR) is 105 cm³/mol. The number of nitrogens with zero attached hydrogens (tertiary/aromatic N) is 5. The fraction of sp³-hybridized carbons (Fsp3) is 0.176. The van der Waals surface area contributed by atoms with Crippen molar-refractivity contribution in [2.45, 2.75) is 17.8 Å². The molecule has 132 valence electrons. The molecule has 9 heteroatoms. The molecule has 0 aliphatic rings. The second-order valence-corrected chi connectivity index (χ2v) is 7.96. The molecule has 1 aromatic carbocycles. The van der Waals surface area contributed by atoms with E-state index in [9.17, 15) is 4.79 Å². The van der Waals surface area contributed by atoms with Gasteiger partial charge in [0, 0.05) is 40.5 Å². The zero-order valence-electron chi connectivity index (χ0n) is 14.0. The number of benzene rings is 1. The van der Waals surface area contributed by atoms with Gasteiger partial charge < -0.3 is 4.57 Å². The van der Waals surface area contributed by atoms with Gasteiger partial charge in [0.1, 0.15) is 0 Å². The summed E-state index contributed by atoms with van der Waals surface area (Å²) in [6.45, 7) is 1.90. The van der Waals surface area contributed by atoms with Crippen molar-refractivity contribution in [3.8, 4) is 11.4 Å². The standard InChI is InChI=1S/C17H14ClN5OS2/c1-10-8-25-16-19-13(7-14(24)23(10)16)9-26-17-21-20-15(22(17)2)11-3-5-12(18)6-4-11/h3-8H,9H2,1-2H3. The molecule has 0 aliphatic heterocycles. The Labute approximate surface area is 162 Å². The first-order valence-corrected chi connectivity index (χ1v) is 10.0. The molecule has 0 saturated heterocycles. The van der Waals surface area contributed by atoms with Crippen LogP contribution in [0.25, 0.3) is 16.3 Å². The molecule has 4 aromatic rings. The van der Waals surface area contributed by atoms with Crippen LogP contribution >= 0.6 is 34.7 Å². The highest BCUT2D eigenvalue weighted by Gasteiger charge is 2.13. The fourth-order valence-corrected chi connectivity index (χ4v) is 4.42. The van der Waals surface area contributed by atoms with Gasteiger partial charge in [-0.3, -0.25) is 9.20 Å². The minimum Gasteiger partial charge on any atom is -0.305 e. The number of aryl methyl sites for hydroxylation is 1. The molecule has 0 unspecified atom stereocenters. The number of hydrogen-bond acceptors (Lipinski definition) is 6. The van der Waals surface area contributed by atoms with E-state index < -0.39 is 0 Å². The van der Waals surface area contributed by atoms with Crippen LogP contribution < -0.4 is 5.56 Å². The quantitative estimate of drug-likeness (QED) is 0.485. The van der Waals surface area contributed by atoms with E-state index in [0.717, 1.165) is 27.9 Å². The highest BCUT2D eigenvalue weighted by molar-refractivity contribution is 7.98. The summed E-state index contributed by atoms with van der Waals surface area (Å²) < 4.78 is 3.55. The summed E-state index contributed by atoms with van der Waals surface area (Å²) in [5.41, 5.74) is 2.53. The van der Waals surface area contributed by atoms with Crippen molar-refractivity contribution >= 4 is 39.7 Å². The molecule has 26 heavy (non-hydrogen) atoms. The van der Waals surface area contributed by atoms with Crippen LogP contribution in [0, 0.1) is 6.92 Å². The Bertz CT molecular complexity index is 1150. The Balaban J connectivity index is 1.57. The van der Waals surface area contributed by atoms with Gasteiger partial charge in [-0.15, -0.1) is 21.5 Å². The Morgan fingerprint density at radius 1 is 1.23 bits per heavy atom. The van der Waals surface area contributed by atoms with Crippen LogP contribution in [0.1, 0.15) is 11.4 Å². The van der Waals surface area contributed by atoms with Crippen molar-refractivity contribution in [2.24, 2.45) is 7.05 Å². The highest BCUT2D eigenvalue weighted by Crippen LogP contribution is 2.25. The lowest BCUT2D eigenvalue weighted by molar-refractivity contribution is 0.793. The average molecular weight is 404 g/mol. The number of aromatic nitrogens is 5. The van der Waals surface area contributed by atoms with Gasteiger partial charge in [0.2, 0.25) is 0 Å². The van der Waals surface area contributed by atoms with E-state index in [1.54, 1.807) is 10.5 Å². The molecule has 0 fully saturated rings. The minimum absolute atomic E-state index is 0.0517. The summed E-state index contributed by atoms with van der Waals surface area (Å²) in [5.74, 6) is 1.32. The largest absolute Gasteiger partial charge is 0.305 e. The predicted octanol–water partition coefficient (Wildman–Crippen LogP) is 3.81. The Hall–Kier alpha value is -2.16. The summed E-state index contributed by atoms with van der Waals surface area (Å²) >= 11 is 8.91. The van der Waals surface area contributed by atoms with Crippen LogP contribution in [0.15, 0.2) is 45.7 Å². The van der Waals surface area contributed by atoms with Gasteiger partial charge in [0.05, 0.1) is 5.69 Å². The summed E-state index contributed by atoms with van der Waals surface area (Å²) in [5, 5.41) is 11.9. The van der Waals surface area contributed by atoms with E-state index in [0.29, 0.717) is 15.7 Å². The molecular formula is C17H14ClN5OS2. The molecule has 3 aromatic heterocycles. The van der Waals surface area contributed by atoms with Crippen molar-refractivity contribution in [1.29, 1.82) is 0 Å². The lowest BCUT2D eigenvalue weighted by Crippen LogP contribution is -2.14. The molecule has 0 bridgehead atoms. The number of hydrogen-bond donors (Lipinski definition) is 0. The van der Waals surface area contributed by atoms with Crippen molar-refractivity contribution in [2.75, 3.05) is 0 Å². The average Bonchev–Trinajstić information content (AvgIpc) is 3.17. The Morgan fingerprint density at radius 3 is 2.77 bits per heavy atom. The number of thiazole rings is 1. The second kappa shape index (κ2) is 6.86. The molecule has 3 heterocycles. The number of halogens is 1. The number of rotatable bonds is 4. The van der Waals surface area contributed by atoms with Crippen molar-refractivity contribution in [3.63, 3.8) is 0 Å². The van der Waals surface area contributed by atoms with Crippen molar-refractivity contribution in [3.05, 3.63) is 62.5 Å². The van der Waals surface area contributed by atoms with Crippen molar-refractivity contribution in [1.82, 2.24) is 24.1 Å². The van der Waals surface area contributed by atoms with Gasteiger partial charge in [-0.25, -0.2) is 4.98 Å². The van der Waals surface area contributed by atoms with Crippen molar-refractivity contribution < 1.29 is 0 Å². The first-order chi connectivity index (χ1) is 12.5. The molecule has 0 saturated carbocycles. The molecule has 0 radical (unpaired) electrons. The lowest BCUT2D eigenvalue weighted by atomic mass is 10.2. The number of fused-ring (bicyclic) bond motifs is 1. The van der Waals surface area contributed by atoms with E-state index in [-0.39, 0.29) is 5.56 Å². The SMILES string of the molecule is Cc1csc2nc(CSc3nnc(-c4ccc(Cl)cc4)n3C)cc(=O)n12. The zero-order chi connectivity index (χ0) is 18.3. The summed E-state index contributed by atoms with van der Waals surface area (Å²) in [6, 6.07) is 9.06. The molecule has 6 nitrogen and oxygen atoms in total. The third kappa shape index (κ3) is 3.15. The molecule has 0 atom stereocenters. The molecule has 4 rings (SSSR count). The summed E-state index contributed by atoms with van der Waals surface area (Å²) in [4.78, 5) is 17.5. The van der Waals surface area contributed by atoms with Gasteiger partial charge in [-0.05, 0) is 31.2 Å². The van der Waals surface area contributed by atoms with E-state index in [1.807, 2.05) is 48.2 Å². The van der Waals surface area contributed by atoms with Gasteiger partial charge >= 0.3 is 0 Å². The summed E-state index contributed by atoms with van der Waals surface area (Å²) in [7, 11) is 1.92. The van der Waals surface area contributed by atoms with Crippen LogP contribution in [0.2, 0.25) is 5.02 Å². The maximum Gasteiger partial charge on any atom is 0.258 e.